The van der Waals surface area contributed by atoms with Gasteiger partial charge in [-0.05, 0) is 40.2 Å². The SMILES string of the molecule is O=C(COc1ccccc1)NCc1ccc(Br)s1. The average Bonchev–Trinajstić information content (AvgIpc) is 2.81. The lowest BCUT2D eigenvalue weighted by Crippen LogP contribution is -2.28. The summed E-state index contributed by atoms with van der Waals surface area (Å²) in [7, 11) is 0. The highest BCUT2D eigenvalue weighted by atomic mass is 79.9. The van der Waals surface area contributed by atoms with Crippen molar-refractivity contribution in [1.29, 1.82) is 0 Å². The first-order valence-electron chi connectivity index (χ1n) is 5.43. The molecule has 0 aliphatic rings. The summed E-state index contributed by atoms with van der Waals surface area (Å²) in [5.74, 6) is 0.579. The van der Waals surface area contributed by atoms with Crippen LogP contribution >= 0.6 is 27.3 Å². The molecule has 0 aliphatic carbocycles. The Hall–Kier alpha value is -1.33. The van der Waals surface area contributed by atoms with Crippen molar-refractivity contribution in [2.75, 3.05) is 6.61 Å². The van der Waals surface area contributed by atoms with Crippen LogP contribution in [0.3, 0.4) is 0 Å². The third-order valence-corrected chi connectivity index (χ3v) is 3.83. The van der Waals surface area contributed by atoms with E-state index in [4.69, 9.17) is 4.74 Å². The molecule has 0 saturated heterocycles. The predicted molar refractivity (Wildman–Crippen MR) is 75.8 cm³/mol. The summed E-state index contributed by atoms with van der Waals surface area (Å²) in [6.07, 6.45) is 0. The van der Waals surface area contributed by atoms with Gasteiger partial charge in [0.05, 0.1) is 10.3 Å². The molecule has 0 spiro atoms. The molecule has 0 atom stereocenters. The van der Waals surface area contributed by atoms with Crippen LogP contribution < -0.4 is 10.1 Å². The van der Waals surface area contributed by atoms with Gasteiger partial charge in [-0.1, -0.05) is 18.2 Å². The van der Waals surface area contributed by atoms with Crippen molar-refractivity contribution >= 4 is 33.2 Å². The van der Waals surface area contributed by atoms with E-state index in [1.807, 2.05) is 42.5 Å². The summed E-state index contributed by atoms with van der Waals surface area (Å²) in [5, 5.41) is 2.81. The second-order valence-electron chi connectivity index (χ2n) is 3.58. The van der Waals surface area contributed by atoms with Crippen molar-refractivity contribution in [3.05, 3.63) is 51.1 Å². The Balaban J connectivity index is 1.73. The molecule has 2 rings (SSSR count). The molecular formula is C13H12BrNO2S. The minimum absolute atomic E-state index is 0.0383. The van der Waals surface area contributed by atoms with Crippen molar-refractivity contribution < 1.29 is 9.53 Å². The van der Waals surface area contributed by atoms with Crippen LogP contribution in [0, 0.1) is 0 Å². The molecule has 2 aromatic rings. The van der Waals surface area contributed by atoms with Crippen LogP contribution in [0.25, 0.3) is 0 Å². The first-order valence-corrected chi connectivity index (χ1v) is 7.04. The molecule has 1 aromatic heterocycles. The van der Waals surface area contributed by atoms with Crippen LogP contribution in [-0.2, 0) is 11.3 Å². The van der Waals surface area contributed by atoms with Crippen molar-refractivity contribution in [2.45, 2.75) is 6.54 Å². The number of carbonyl (C=O) groups excluding carboxylic acids is 1. The fraction of sp³-hybridized carbons (Fsp3) is 0.154. The number of amides is 1. The number of para-hydroxylation sites is 1. The largest absolute Gasteiger partial charge is 0.484 e. The highest BCUT2D eigenvalue weighted by molar-refractivity contribution is 9.11. The number of hydrogen-bond donors (Lipinski definition) is 1. The lowest BCUT2D eigenvalue weighted by atomic mass is 10.3. The Labute approximate surface area is 118 Å². The Bertz CT molecular complexity index is 513. The number of rotatable bonds is 5. The van der Waals surface area contributed by atoms with Crippen molar-refractivity contribution in [3.63, 3.8) is 0 Å². The number of nitrogens with one attached hydrogen (secondary N) is 1. The topological polar surface area (TPSA) is 38.3 Å². The van der Waals surface area contributed by atoms with Gasteiger partial charge in [0.2, 0.25) is 0 Å². The van der Waals surface area contributed by atoms with Gasteiger partial charge in [0.15, 0.2) is 6.61 Å². The van der Waals surface area contributed by atoms with Crippen LogP contribution in [0.1, 0.15) is 4.88 Å². The van der Waals surface area contributed by atoms with E-state index in [0.29, 0.717) is 12.3 Å². The normalized spacial score (nSPS) is 10.1. The van der Waals surface area contributed by atoms with E-state index in [1.165, 1.54) is 0 Å². The van der Waals surface area contributed by atoms with Gasteiger partial charge in [-0.3, -0.25) is 4.79 Å². The summed E-state index contributed by atoms with van der Waals surface area (Å²) in [4.78, 5) is 12.7. The van der Waals surface area contributed by atoms with Crippen LogP contribution in [0.2, 0.25) is 0 Å². The standard InChI is InChI=1S/C13H12BrNO2S/c14-12-7-6-11(18-12)8-15-13(16)9-17-10-4-2-1-3-5-10/h1-7H,8-9H2,(H,15,16). The van der Waals surface area contributed by atoms with E-state index in [9.17, 15) is 4.79 Å². The number of halogens is 1. The van der Waals surface area contributed by atoms with Gasteiger partial charge in [0.1, 0.15) is 5.75 Å². The van der Waals surface area contributed by atoms with Gasteiger partial charge in [-0.2, -0.15) is 0 Å². The maximum absolute atomic E-state index is 11.6. The monoisotopic (exact) mass is 325 g/mol. The van der Waals surface area contributed by atoms with E-state index < -0.39 is 0 Å². The Kier molecular flexibility index (Phi) is 4.78. The molecule has 0 bridgehead atoms. The molecule has 0 radical (unpaired) electrons. The minimum atomic E-state index is -0.122. The molecule has 5 heteroatoms. The summed E-state index contributed by atoms with van der Waals surface area (Å²) < 4.78 is 6.41. The summed E-state index contributed by atoms with van der Waals surface area (Å²) >= 11 is 4.99. The van der Waals surface area contributed by atoms with E-state index in [-0.39, 0.29) is 12.5 Å². The fourth-order valence-electron chi connectivity index (χ4n) is 1.35. The Morgan fingerprint density at radius 2 is 2.00 bits per heavy atom. The molecule has 1 N–H and O–H groups in total. The van der Waals surface area contributed by atoms with Gasteiger partial charge >= 0.3 is 0 Å². The highest BCUT2D eigenvalue weighted by Crippen LogP contribution is 2.21. The highest BCUT2D eigenvalue weighted by Gasteiger charge is 2.03. The minimum Gasteiger partial charge on any atom is -0.484 e. The van der Waals surface area contributed by atoms with E-state index in [2.05, 4.69) is 21.2 Å². The third kappa shape index (κ3) is 4.16. The van der Waals surface area contributed by atoms with Gasteiger partial charge in [0.25, 0.3) is 5.91 Å². The number of hydrogen-bond acceptors (Lipinski definition) is 3. The van der Waals surface area contributed by atoms with Crippen molar-refractivity contribution in [3.8, 4) is 5.75 Å². The summed E-state index contributed by atoms with van der Waals surface area (Å²) in [6, 6.07) is 13.2. The molecule has 18 heavy (non-hydrogen) atoms. The Morgan fingerprint density at radius 3 is 2.67 bits per heavy atom. The van der Waals surface area contributed by atoms with Gasteiger partial charge in [-0.25, -0.2) is 0 Å². The van der Waals surface area contributed by atoms with Gasteiger partial charge in [0, 0.05) is 4.88 Å². The molecule has 0 fully saturated rings. The fourth-order valence-corrected chi connectivity index (χ4v) is 2.77. The molecule has 1 aromatic carbocycles. The lowest BCUT2D eigenvalue weighted by Gasteiger charge is -2.06. The molecule has 0 unspecified atom stereocenters. The van der Waals surface area contributed by atoms with E-state index >= 15 is 0 Å². The maximum atomic E-state index is 11.6. The molecule has 1 heterocycles. The van der Waals surface area contributed by atoms with Gasteiger partial charge < -0.3 is 10.1 Å². The number of benzene rings is 1. The zero-order valence-electron chi connectivity index (χ0n) is 9.56. The van der Waals surface area contributed by atoms with Crippen LogP contribution in [0.15, 0.2) is 46.3 Å². The maximum Gasteiger partial charge on any atom is 0.258 e. The van der Waals surface area contributed by atoms with Crippen molar-refractivity contribution in [1.82, 2.24) is 5.32 Å². The van der Waals surface area contributed by atoms with Gasteiger partial charge in [-0.15, -0.1) is 11.3 Å². The second kappa shape index (κ2) is 6.56. The van der Waals surface area contributed by atoms with Crippen LogP contribution in [0.4, 0.5) is 0 Å². The first-order chi connectivity index (χ1) is 8.74. The predicted octanol–water partition coefficient (Wildman–Crippen LogP) is 3.21. The molecule has 94 valence electrons. The summed E-state index contributed by atoms with van der Waals surface area (Å²) in [6.45, 7) is 0.573. The lowest BCUT2D eigenvalue weighted by molar-refractivity contribution is -0.123. The number of carbonyl (C=O) groups is 1. The molecular weight excluding hydrogens is 314 g/mol. The molecule has 3 nitrogen and oxygen atoms in total. The molecule has 1 amide bonds. The zero-order valence-corrected chi connectivity index (χ0v) is 12.0. The average molecular weight is 326 g/mol. The molecule has 0 saturated carbocycles. The first kappa shape index (κ1) is 13.1. The summed E-state index contributed by atoms with van der Waals surface area (Å²) in [5.41, 5.74) is 0. The van der Waals surface area contributed by atoms with Crippen molar-refractivity contribution in [2.24, 2.45) is 0 Å². The van der Waals surface area contributed by atoms with E-state index in [0.717, 1.165) is 8.66 Å². The quantitative estimate of drug-likeness (QED) is 0.916. The van der Waals surface area contributed by atoms with Crippen LogP contribution in [0.5, 0.6) is 5.75 Å². The number of ether oxygens (including phenoxy) is 1. The zero-order chi connectivity index (χ0) is 12.8. The smallest absolute Gasteiger partial charge is 0.258 e. The van der Waals surface area contributed by atoms with E-state index in [1.54, 1.807) is 11.3 Å². The van der Waals surface area contributed by atoms with Crippen LogP contribution in [-0.4, -0.2) is 12.5 Å². The third-order valence-electron chi connectivity index (χ3n) is 2.20. The second-order valence-corrected chi connectivity index (χ2v) is 6.13. The number of thiophene rings is 1. The molecule has 0 aliphatic heterocycles. The Morgan fingerprint density at radius 1 is 1.22 bits per heavy atom.